The highest BCUT2D eigenvalue weighted by molar-refractivity contribution is 5.92. The van der Waals surface area contributed by atoms with Crippen molar-refractivity contribution in [3.05, 3.63) is 109 Å². The average Bonchev–Trinajstić information content (AvgIpc) is 2.80. The van der Waals surface area contributed by atoms with Gasteiger partial charge in [0.1, 0.15) is 17.3 Å². The van der Waals surface area contributed by atoms with Crippen LogP contribution in [0.2, 0.25) is 0 Å². The summed E-state index contributed by atoms with van der Waals surface area (Å²) in [5, 5.41) is 4.42. The van der Waals surface area contributed by atoms with Crippen LogP contribution in [0.25, 0.3) is 22.3 Å². The SMILES string of the molecule is c1ccc(Oc2cccc(Nc3nc(-c4ccccc4)nc4ccccc34)c2)cc1. The van der Waals surface area contributed by atoms with Crippen molar-refractivity contribution >= 4 is 22.4 Å². The van der Waals surface area contributed by atoms with Crippen LogP contribution in [0, 0.1) is 0 Å². The van der Waals surface area contributed by atoms with Crippen molar-refractivity contribution < 1.29 is 4.74 Å². The van der Waals surface area contributed by atoms with E-state index in [0.717, 1.165) is 39.5 Å². The molecule has 5 rings (SSSR count). The van der Waals surface area contributed by atoms with Gasteiger partial charge < -0.3 is 10.1 Å². The smallest absolute Gasteiger partial charge is 0.162 e. The van der Waals surface area contributed by atoms with E-state index >= 15 is 0 Å². The molecule has 1 aromatic heterocycles. The topological polar surface area (TPSA) is 47.0 Å². The van der Waals surface area contributed by atoms with Crippen LogP contribution in [0.5, 0.6) is 11.5 Å². The van der Waals surface area contributed by atoms with Crippen molar-refractivity contribution in [3.63, 3.8) is 0 Å². The Morgan fingerprint density at radius 2 is 1.30 bits per heavy atom. The van der Waals surface area contributed by atoms with Crippen molar-refractivity contribution in [3.8, 4) is 22.9 Å². The first kappa shape index (κ1) is 17.9. The van der Waals surface area contributed by atoms with Gasteiger partial charge >= 0.3 is 0 Å². The summed E-state index contributed by atoms with van der Waals surface area (Å²) >= 11 is 0. The third kappa shape index (κ3) is 3.84. The predicted octanol–water partition coefficient (Wildman–Crippen LogP) is 6.83. The van der Waals surface area contributed by atoms with Gasteiger partial charge in [0.2, 0.25) is 0 Å². The summed E-state index contributed by atoms with van der Waals surface area (Å²) < 4.78 is 5.96. The summed E-state index contributed by atoms with van der Waals surface area (Å²) in [6.45, 7) is 0. The highest BCUT2D eigenvalue weighted by atomic mass is 16.5. The number of anilines is 2. The van der Waals surface area contributed by atoms with Crippen LogP contribution >= 0.6 is 0 Å². The second kappa shape index (κ2) is 8.05. The van der Waals surface area contributed by atoms with Crippen LogP contribution in [-0.2, 0) is 0 Å². The number of fused-ring (bicyclic) bond motifs is 1. The third-order valence-corrected chi connectivity index (χ3v) is 4.71. The molecule has 0 aliphatic carbocycles. The molecule has 0 saturated carbocycles. The van der Waals surface area contributed by atoms with Crippen LogP contribution in [0.1, 0.15) is 0 Å². The standard InChI is InChI=1S/C26H19N3O/c1-3-10-19(11-4-1)25-28-24-17-8-7-16-23(24)26(29-25)27-20-12-9-15-22(18-20)30-21-13-5-2-6-14-21/h1-18H,(H,27,28,29). The highest BCUT2D eigenvalue weighted by Gasteiger charge is 2.10. The Morgan fingerprint density at radius 1 is 0.600 bits per heavy atom. The van der Waals surface area contributed by atoms with Crippen molar-refractivity contribution in [2.45, 2.75) is 0 Å². The van der Waals surface area contributed by atoms with E-state index in [1.54, 1.807) is 0 Å². The molecule has 4 heteroatoms. The number of hydrogen-bond acceptors (Lipinski definition) is 4. The summed E-state index contributed by atoms with van der Waals surface area (Å²) in [7, 11) is 0. The van der Waals surface area contributed by atoms with Gasteiger partial charge in [0.25, 0.3) is 0 Å². The predicted molar refractivity (Wildman–Crippen MR) is 121 cm³/mol. The minimum Gasteiger partial charge on any atom is -0.457 e. The Bertz CT molecular complexity index is 1290. The fourth-order valence-electron chi connectivity index (χ4n) is 3.29. The van der Waals surface area contributed by atoms with Crippen molar-refractivity contribution in [2.24, 2.45) is 0 Å². The molecular weight excluding hydrogens is 370 g/mol. The average molecular weight is 389 g/mol. The summed E-state index contributed by atoms with van der Waals surface area (Å²) in [6.07, 6.45) is 0. The second-order valence-electron chi connectivity index (χ2n) is 6.85. The molecule has 0 bridgehead atoms. The Hall–Kier alpha value is -4.18. The number of ether oxygens (including phenoxy) is 1. The van der Waals surface area contributed by atoms with Gasteiger partial charge in [-0.1, -0.05) is 66.7 Å². The first-order valence-electron chi connectivity index (χ1n) is 9.77. The summed E-state index contributed by atoms with van der Waals surface area (Å²) in [6, 6.07) is 35.6. The van der Waals surface area contributed by atoms with Crippen LogP contribution in [-0.4, -0.2) is 9.97 Å². The molecular formula is C26H19N3O. The van der Waals surface area contributed by atoms with Gasteiger partial charge in [0, 0.05) is 22.7 Å². The van der Waals surface area contributed by atoms with Gasteiger partial charge in [-0.2, -0.15) is 0 Å². The first-order chi connectivity index (χ1) is 14.8. The van der Waals surface area contributed by atoms with E-state index in [1.165, 1.54) is 0 Å². The molecule has 0 amide bonds. The largest absolute Gasteiger partial charge is 0.457 e. The zero-order valence-corrected chi connectivity index (χ0v) is 16.2. The van der Waals surface area contributed by atoms with E-state index in [-0.39, 0.29) is 0 Å². The fourth-order valence-corrected chi connectivity index (χ4v) is 3.29. The number of aromatic nitrogens is 2. The lowest BCUT2D eigenvalue weighted by Gasteiger charge is -2.12. The van der Waals surface area contributed by atoms with E-state index in [2.05, 4.69) is 5.32 Å². The Morgan fingerprint density at radius 3 is 2.13 bits per heavy atom. The summed E-state index contributed by atoms with van der Waals surface area (Å²) in [4.78, 5) is 9.56. The molecule has 1 N–H and O–H groups in total. The normalized spacial score (nSPS) is 10.7. The first-order valence-corrected chi connectivity index (χ1v) is 9.77. The zero-order chi connectivity index (χ0) is 20.2. The summed E-state index contributed by atoms with van der Waals surface area (Å²) in [5.41, 5.74) is 2.77. The van der Waals surface area contributed by atoms with Crippen molar-refractivity contribution in [1.29, 1.82) is 0 Å². The van der Waals surface area contributed by atoms with Crippen molar-refractivity contribution in [1.82, 2.24) is 9.97 Å². The zero-order valence-electron chi connectivity index (χ0n) is 16.2. The summed E-state index contributed by atoms with van der Waals surface area (Å²) in [5.74, 6) is 3.01. The monoisotopic (exact) mass is 389 g/mol. The van der Waals surface area contributed by atoms with E-state index in [9.17, 15) is 0 Å². The minimum atomic E-state index is 0.688. The Balaban J connectivity index is 1.51. The molecule has 30 heavy (non-hydrogen) atoms. The lowest BCUT2D eigenvalue weighted by Crippen LogP contribution is -1.99. The number of benzene rings is 4. The van der Waals surface area contributed by atoms with Gasteiger partial charge in [0.05, 0.1) is 5.52 Å². The molecule has 0 spiro atoms. The van der Waals surface area contributed by atoms with Gasteiger partial charge in [0.15, 0.2) is 5.82 Å². The molecule has 0 fully saturated rings. The van der Waals surface area contributed by atoms with E-state index in [4.69, 9.17) is 14.7 Å². The lowest BCUT2D eigenvalue weighted by molar-refractivity contribution is 0.483. The maximum Gasteiger partial charge on any atom is 0.162 e. The van der Waals surface area contributed by atoms with Gasteiger partial charge in [-0.25, -0.2) is 9.97 Å². The Labute approximate surface area is 174 Å². The number of nitrogens with one attached hydrogen (secondary N) is 1. The quantitative estimate of drug-likeness (QED) is 0.358. The molecule has 0 atom stereocenters. The maximum absolute atomic E-state index is 5.96. The highest BCUT2D eigenvalue weighted by Crippen LogP contribution is 2.29. The number of hydrogen-bond donors (Lipinski definition) is 1. The number of nitrogens with zero attached hydrogens (tertiary/aromatic N) is 2. The van der Waals surface area contributed by atoms with E-state index < -0.39 is 0 Å². The van der Waals surface area contributed by atoms with Gasteiger partial charge in [-0.05, 0) is 36.4 Å². The molecule has 0 unspecified atom stereocenters. The molecule has 4 aromatic carbocycles. The van der Waals surface area contributed by atoms with E-state index in [1.807, 2.05) is 109 Å². The molecule has 0 radical (unpaired) electrons. The van der Waals surface area contributed by atoms with Crippen LogP contribution in [0.4, 0.5) is 11.5 Å². The number of rotatable bonds is 5. The molecule has 0 aliphatic rings. The lowest BCUT2D eigenvalue weighted by atomic mass is 10.2. The van der Waals surface area contributed by atoms with Crippen LogP contribution in [0.3, 0.4) is 0 Å². The number of para-hydroxylation sites is 2. The molecule has 0 saturated heterocycles. The fraction of sp³-hybridized carbons (Fsp3) is 0. The second-order valence-corrected chi connectivity index (χ2v) is 6.85. The van der Waals surface area contributed by atoms with Gasteiger partial charge in [-0.15, -0.1) is 0 Å². The molecule has 144 valence electrons. The molecule has 1 heterocycles. The Kier molecular flexibility index (Phi) is 4.80. The minimum absolute atomic E-state index is 0.688. The third-order valence-electron chi connectivity index (χ3n) is 4.71. The van der Waals surface area contributed by atoms with Crippen LogP contribution in [0.15, 0.2) is 109 Å². The van der Waals surface area contributed by atoms with Gasteiger partial charge in [-0.3, -0.25) is 0 Å². The van der Waals surface area contributed by atoms with Crippen molar-refractivity contribution in [2.75, 3.05) is 5.32 Å². The maximum atomic E-state index is 5.96. The van der Waals surface area contributed by atoms with Crippen LogP contribution < -0.4 is 10.1 Å². The van der Waals surface area contributed by atoms with E-state index in [0.29, 0.717) is 5.82 Å². The molecule has 4 nitrogen and oxygen atoms in total. The molecule has 5 aromatic rings. The molecule has 0 aliphatic heterocycles.